The molecule has 1 aromatic carbocycles. The first-order valence-corrected chi connectivity index (χ1v) is 9.73. The van der Waals surface area contributed by atoms with Gasteiger partial charge in [0.2, 0.25) is 0 Å². The van der Waals surface area contributed by atoms with Gasteiger partial charge in [-0.25, -0.2) is 13.2 Å². The number of nitrogens with zero attached hydrogens (tertiary/aromatic N) is 1. The second-order valence-electron chi connectivity index (χ2n) is 6.21. The van der Waals surface area contributed by atoms with E-state index in [0.717, 1.165) is 25.7 Å². The molecular weight excluding hydrogens is 330 g/mol. The Balaban J connectivity index is 1.81. The summed E-state index contributed by atoms with van der Waals surface area (Å²) >= 11 is 0. The molecule has 0 atom stereocenters. The Morgan fingerprint density at radius 3 is 2.25 bits per heavy atom. The van der Waals surface area contributed by atoms with Crippen LogP contribution in [0, 0.1) is 0 Å². The van der Waals surface area contributed by atoms with Crippen LogP contribution in [0.3, 0.4) is 0 Å². The highest BCUT2D eigenvalue weighted by Crippen LogP contribution is 2.33. The van der Waals surface area contributed by atoms with Gasteiger partial charge in [-0.05, 0) is 50.7 Å². The maximum Gasteiger partial charge on any atom is 0.360 e. The molecule has 0 heterocycles. The van der Waals surface area contributed by atoms with E-state index in [9.17, 15) is 13.2 Å². The molecule has 0 N–H and O–H groups in total. The number of oxime groups is 1. The van der Waals surface area contributed by atoms with Gasteiger partial charge >= 0.3 is 5.97 Å². The molecule has 130 valence electrons. The van der Waals surface area contributed by atoms with Gasteiger partial charge in [-0.2, -0.15) is 0 Å². The summed E-state index contributed by atoms with van der Waals surface area (Å²) in [6.07, 6.45) is 5.51. The number of hydrogen-bond acceptors (Lipinski definition) is 6. The van der Waals surface area contributed by atoms with Crippen LogP contribution in [0.4, 0.5) is 0 Å². The Kier molecular flexibility index (Phi) is 4.89. The normalized spacial score (nSPS) is 19.3. The number of sulfone groups is 1. The Morgan fingerprint density at radius 2 is 1.71 bits per heavy atom. The minimum atomic E-state index is -3.25. The monoisotopic (exact) mass is 351 g/mol. The number of hydrogen-bond donors (Lipinski definition) is 0. The molecule has 1 aromatic rings. The Morgan fingerprint density at radius 1 is 1.08 bits per heavy atom. The van der Waals surface area contributed by atoms with Gasteiger partial charge in [0, 0.05) is 5.56 Å². The van der Waals surface area contributed by atoms with Crippen molar-refractivity contribution in [1.29, 1.82) is 0 Å². The molecular formula is C17H21NO5S. The lowest BCUT2D eigenvalue weighted by molar-refractivity contribution is -0.132. The fourth-order valence-corrected chi connectivity index (χ4v) is 4.46. The van der Waals surface area contributed by atoms with E-state index in [1.165, 1.54) is 19.2 Å². The molecule has 24 heavy (non-hydrogen) atoms. The molecule has 2 aliphatic rings. The lowest BCUT2D eigenvalue weighted by Gasteiger charge is -2.10. The highest BCUT2D eigenvalue weighted by molar-refractivity contribution is 7.92. The van der Waals surface area contributed by atoms with Crippen LogP contribution in [0.5, 0.6) is 0 Å². The van der Waals surface area contributed by atoms with Crippen molar-refractivity contribution in [2.45, 2.75) is 54.8 Å². The van der Waals surface area contributed by atoms with Gasteiger partial charge in [0.25, 0.3) is 0 Å². The lowest BCUT2D eigenvalue weighted by Crippen LogP contribution is -2.19. The van der Waals surface area contributed by atoms with E-state index in [-0.39, 0.29) is 22.0 Å². The number of carbonyl (C=O) groups is 1. The minimum Gasteiger partial charge on any atom is -0.464 e. The average molecular weight is 351 g/mol. The number of esters is 1. The summed E-state index contributed by atoms with van der Waals surface area (Å²) in [7, 11) is -1.97. The second kappa shape index (κ2) is 6.93. The number of benzene rings is 1. The van der Waals surface area contributed by atoms with Crippen molar-refractivity contribution >= 4 is 21.5 Å². The van der Waals surface area contributed by atoms with Crippen molar-refractivity contribution in [3.05, 3.63) is 29.8 Å². The standard InChI is InChI=1S/C17H21NO5S/c1-22-17(19)16(18-23-13-4-2-3-5-13)12-6-8-14(9-7-12)24(20,21)15-10-11-15/h6-9,13,15H,2-5,10-11H2,1H3. The molecule has 6 nitrogen and oxygen atoms in total. The van der Waals surface area contributed by atoms with Crippen molar-refractivity contribution < 1.29 is 22.8 Å². The van der Waals surface area contributed by atoms with E-state index in [1.807, 2.05) is 0 Å². The molecule has 0 aromatic heterocycles. The molecule has 2 aliphatic carbocycles. The molecule has 7 heteroatoms. The van der Waals surface area contributed by atoms with Crippen LogP contribution < -0.4 is 0 Å². The molecule has 0 saturated heterocycles. The second-order valence-corrected chi connectivity index (χ2v) is 8.44. The van der Waals surface area contributed by atoms with Gasteiger partial charge in [0.05, 0.1) is 17.3 Å². The lowest BCUT2D eigenvalue weighted by atomic mass is 10.1. The van der Waals surface area contributed by atoms with Gasteiger partial charge in [0.15, 0.2) is 15.5 Å². The van der Waals surface area contributed by atoms with E-state index >= 15 is 0 Å². The van der Waals surface area contributed by atoms with Crippen molar-refractivity contribution in [2.75, 3.05) is 7.11 Å². The largest absolute Gasteiger partial charge is 0.464 e. The molecule has 0 unspecified atom stereocenters. The van der Waals surface area contributed by atoms with E-state index in [1.54, 1.807) is 12.1 Å². The minimum absolute atomic E-state index is 0.0270. The molecule has 2 saturated carbocycles. The fourth-order valence-electron chi connectivity index (χ4n) is 2.80. The third-order valence-corrected chi connectivity index (χ3v) is 6.67. The maximum absolute atomic E-state index is 12.2. The summed E-state index contributed by atoms with van der Waals surface area (Å²) in [5.41, 5.74) is 0.536. The van der Waals surface area contributed by atoms with Crippen LogP contribution in [0.2, 0.25) is 0 Å². The Bertz CT molecular complexity index is 729. The third-order valence-electron chi connectivity index (χ3n) is 4.39. The van der Waals surface area contributed by atoms with E-state index in [4.69, 9.17) is 9.57 Å². The molecule has 0 aliphatic heterocycles. The van der Waals surface area contributed by atoms with Crippen LogP contribution in [-0.4, -0.2) is 38.6 Å². The Hall–Kier alpha value is -1.89. The van der Waals surface area contributed by atoms with Gasteiger partial charge in [-0.3, -0.25) is 0 Å². The van der Waals surface area contributed by atoms with Gasteiger partial charge < -0.3 is 9.57 Å². The molecule has 0 amide bonds. The van der Waals surface area contributed by atoms with Crippen molar-refractivity contribution in [3.63, 3.8) is 0 Å². The number of carbonyl (C=O) groups excluding carboxylic acids is 1. The summed E-state index contributed by atoms with van der Waals surface area (Å²) < 4.78 is 29.2. The smallest absolute Gasteiger partial charge is 0.360 e. The maximum atomic E-state index is 12.2. The van der Waals surface area contributed by atoms with Crippen LogP contribution in [0.15, 0.2) is 34.3 Å². The van der Waals surface area contributed by atoms with Crippen molar-refractivity contribution in [3.8, 4) is 0 Å². The first kappa shape index (κ1) is 17.0. The average Bonchev–Trinajstić information content (AvgIpc) is 3.34. The van der Waals surface area contributed by atoms with Gasteiger partial charge in [-0.15, -0.1) is 0 Å². The van der Waals surface area contributed by atoms with E-state index < -0.39 is 15.8 Å². The van der Waals surface area contributed by atoms with E-state index in [0.29, 0.717) is 18.4 Å². The summed E-state index contributed by atoms with van der Waals surface area (Å²) in [4.78, 5) is 17.7. The molecule has 0 spiro atoms. The van der Waals surface area contributed by atoms with Crippen LogP contribution in [-0.2, 0) is 24.2 Å². The van der Waals surface area contributed by atoms with Crippen LogP contribution in [0.1, 0.15) is 44.1 Å². The number of ether oxygens (including phenoxy) is 1. The predicted molar refractivity (Wildman–Crippen MR) is 88.5 cm³/mol. The number of rotatable bonds is 6. The summed E-state index contributed by atoms with van der Waals surface area (Å²) in [5.74, 6) is -0.606. The third kappa shape index (κ3) is 3.61. The van der Waals surface area contributed by atoms with Crippen molar-refractivity contribution in [2.24, 2.45) is 5.16 Å². The summed E-state index contributed by atoms with van der Waals surface area (Å²) in [6.45, 7) is 0. The zero-order valence-corrected chi connectivity index (χ0v) is 14.4. The van der Waals surface area contributed by atoms with Gasteiger partial charge in [-0.1, -0.05) is 17.3 Å². The van der Waals surface area contributed by atoms with Crippen LogP contribution >= 0.6 is 0 Å². The quantitative estimate of drug-likeness (QED) is 0.447. The zero-order chi connectivity index (χ0) is 17.2. The molecule has 2 fully saturated rings. The first-order chi connectivity index (χ1) is 11.5. The summed E-state index contributed by atoms with van der Waals surface area (Å²) in [5, 5.41) is 3.72. The molecule has 0 radical (unpaired) electrons. The SMILES string of the molecule is COC(=O)C(=NOC1CCCC1)c1ccc(S(=O)(=O)C2CC2)cc1. The Labute approximate surface area is 141 Å². The van der Waals surface area contributed by atoms with Crippen LogP contribution in [0.25, 0.3) is 0 Å². The molecule has 0 bridgehead atoms. The topological polar surface area (TPSA) is 82.0 Å². The van der Waals surface area contributed by atoms with Crippen molar-refractivity contribution in [1.82, 2.24) is 0 Å². The highest BCUT2D eigenvalue weighted by atomic mass is 32.2. The molecule has 3 rings (SSSR count). The number of methoxy groups -OCH3 is 1. The van der Waals surface area contributed by atoms with Gasteiger partial charge in [0.1, 0.15) is 6.10 Å². The fraction of sp³-hybridized carbons (Fsp3) is 0.529. The highest BCUT2D eigenvalue weighted by Gasteiger charge is 2.36. The van der Waals surface area contributed by atoms with E-state index in [2.05, 4.69) is 5.16 Å². The zero-order valence-electron chi connectivity index (χ0n) is 13.6. The summed E-state index contributed by atoms with van der Waals surface area (Å²) in [6, 6.07) is 6.17. The predicted octanol–water partition coefficient (Wildman–Crippen LogP) is 2.46. The first-order valence-electron chi connectivity index (χ1n) is 8.19.